The maximum Gasteiger partial charge on any atom is 0.0555 e. The Morgan fingerprint density at radius 3 is 3.00 bits per heavy atom. The van der Waals surface area contributed by atoms with Gasteiger partial charge in [-0.15, -0.1) is 11.3 Å². The van der Waals surface area contributed by atoms with Crippen LogP contribution in [-0.4, -0.2) is 24.5 Å². The van der Waals surface area contributed by atoms with Gasteiger partial charge in [0.1, 0.15) is 0 Å². The van der Waals surface area contributed by atoms with Crippen molar-refractivity contribution in [3.63, 3.8) is 0 Å². The van der Waals surface area contributed by atoms with Crippen LogP contribution in [0, 0.1) is 17.3 Å². The third-order valence-electron chi connectivity index (χ3n) is 3.12. The zero-order chi connectivity index (χ0) is 12.3. The molecule has 0 spiro atoms. The molecule has 92 valence electrons. The van der Waals surface area contributed by atoms with Crippen molar-refractivity contribution >= 4 is 11.3 Å². The molecule has 17 heavy (non-hydrogen) atoms. The number of nitrogens with two attached hydrogens (primary N) is 1. The predicted octanol–water partition coefficient (Wildman–Crippen LogP) is 2.29. The van der Waals surface area contributed by atoms with Gasteiger partial charge in [0.05, 0.1) is 6.54 Å². The third kappa shape index (κ3) is 3.57. The van der Waals surface area contributed by atoms with Crippen molar-refractivity contribution in [2.75, 3.05) is 19.6 Å². The highest BCUT2D eigenvalue weighted by atomic mass is 32.1. The van der Waals surface area contributed by atoms with Crippen LogP contribution in [0.5, 0.6) is 0 Å². The topological polar surface area (TPSA) is 29.3 Å². The van der Waals surface area contributed by atoms with Gasteiger partial charge in [-0.2, -0.15) is 0 Å². The molecule has 0 atom stereocenters. The fourth-order valence-electron chi connectivity index (χ4n) is 2.26. The summed E-state index contributed by atoms with van der Waals surface area (Å²) in [6.45, 7) is 8.62. The van der Waals surface area contributed by atoms with Gasteiger partial charge in [0, 0.05) is 28.9 Å². The van der Waals surface area contributed by atoms with E-state index >= 15 is 0 Å². The van der Waals surface area contributed by atoms with Crippen LogP contribution in [0.4, 0.5) is 0 Å². The van der Waals surface area contributed by atoms with Crippen LogP contribution in [0.15, 0.2) is 11.4 Å². The minimum atomic E-state index is 0.436. The zero-order valence-electron chi connectivity index (χ0n) is 10.6. The van der Waals surface area contributed by atoms with Crippen molar-refractivity contribution in [1.82, 2.24) is 4.90 Å². The summed E-state index contributed by atoms with van der Waals surface area (Å²) in [5.74, 6) is 5.98. The van der Waals surface area contributed by atoms with Gasteiger partial charge in [-0.1, -0.05) is 25.7 Å². The van der Waals surface area contributed by atoms with Gasteiger partial charge in [-0.05, 0) is 24.4 Å². The molecular weight excluding hydrogens is 228 g/mol. The average molecular weight is 248 g/mol. The summed E-state index contributed by atoms with van der Waals surface area (Å²) in [5, 5.41) is 2.12. The minimum Gasteiger partial charge on any atom is -0.320 e. The van der Waals surface area contributed by atoms with E-state index < -0.39 is 0 Å². The summed E-state index contributed by atoms with van der Waals surface area (Å²) >= 11 is 1.80. The van der Waals surface area contributed by atoms with Crippen molar-refractivity contribution in [3.8, 4) is 11.8 Å². The number of hydrogen-bond donors (Lipinski definition) is 1. The molecule has 0 aliphatic carbocycles. The zero-order valence-corrected chi connectivity index (χ0v) is 11.4. The van der Waals surface area contributed by atoms with Crippen LogP contribution in [0.2, 0.25) is 0 Å². The molecule has 2 nitrogen and oxygen atoms in total. The lowest BCUT2D eigenvalue weighted by Gasteiger charge is -2.18. The lowest BCUT2D eigenvalue weighted by molar-refractivity contribution is 0.286. The largest absolute Gasteiger partial charge is 0.320 e. The highest BCUT2D eigenvalue weighted by Gasteiger charge is 2.28. The fraction of sp³-hybridized carbons (Fsp3) is 0.571. The molecule has 1 saturated heterocycles. The second-order valence-electron chi connectivity index (χ2n) is 5.43. The molecular formula is C14H20N2S. The highest BCUT2D eigenvalue weighted by Crippen LogP contribution is 2.30. The maximum absolute atomic E-state index is 5.37. The van der Waals surface area contributed by atoms with Gasteiger partial charge in [0.25, 0.3) is 0 Å². The minimum absolute atomic E-state index is 0.436. The van der Waals surface area contributed by atoms with Crippen molar-refractivity contribution in [1.29, 1.82) is 0 Å². The number of hydrogen-bond acceptors (Lipinski definition) is 3. The smallest absolute Gasteiger partial charge is 0.0555 e. The predicted molar refractivity (Wildman–Crippen MR) is 73.9 cm³/mol. The van der Waals surface area contributed by atoms with E-state index in [9.17, 15) is 0 Å². The molecule has 1 aromatic heterocycles. The lowest BCUT2D eigenvalue weighted by Crippen LogP contribution is -2.22. The van der Waals surface area contributed by atoms with Crippen LogP contribution in [0.3, 0.4) is 0 Å². The van der Waals surface area contributed by atoms with E-state index in [-0.39, 0.29) is 0 Å². The van der Waals surface area contributed by atoms with Crippen LogP contribution in [0.1, 0.15) is 30.7 Å². The molecule has 1 aromatic rings. The summed E-state index contributed by atoms with van der Waals surface area (Å²) in [6, 6.07) is 2.19. The quantitative estimate of drug-likeness (QED) is 0.814. The van der Waals surface area contributed by atoms with Crippen molar-refractivity contribution in [3.05, 3.63) is 21.9 Å². The van der Waals surface area contributed by atoms with E-state index in [1.165, 1.54) is 24.4 Å². The number of rotatable bonds is 2. The standard InChI is InChI=1S/C14H20N2S/c1-14(2)5-7-16(11-14)9-13-8-12(10-17-13)4-3-6-15/h8,10H,5-7,9,11,15H2,1-2H3. The van der Waals surface area contributed by atoms with E-state index in [1.54, 1.807) is 11.3 Å². The second kappa shape index (κ2) is 5.22. The van der Waals surface area contributed by atoms with E-state index in [0.29, 0.717) is 12.0 Å². The van der Waals surface area contributed by atoms with Crippen LogP contribution >= 0.6 is 11.3 Å². The monoisotopic (exact) mass is 248 g/mol. The molecule has 3 heteroatoms. The molecule has 1 aliphatic rings. The maximum atomic E-state index is 5.37. The first-order valence-corrected chi connectivity index (χ1v) is 6.96. The van der Waals surface area contributed by atoms with Gasteiger partial charge in [0.15, 0.2) is 0 Å². The number of thiophene rings is 1. The summed E-state index contributed by atoms with van der Waals surface area (Å²) < 4.78 is 0. The van der Waals surface area contributed by atoms with Crippen LogP contribution in [0.25, 0.3) is 0 Å². The molecule has 0 unspecified atom stereocenters. The van der Waals surface area contributed by atoms with Crippen LogP contribution in [-0.2, 0) is 6.54 Å². The Morgan fingerprint density at radius 2 is 2.35 bits per heavy atom. The number of likely N-dealkylation sites (tertiary alicyclic amines) is 1. The first kappa shape index (κ1) is 12.6. The molecule has 2 N–H and O–H groups in total. The van der Waals surface area contributed by atoms with Crippen molar-refractivity contribution in [2.24, 2.45) is 11.1 Å². The van der Waals surface area contributed by atoms with E-state index in [4.69, 9.17) is 5.73 Å². The number of nitrogens with zero attached hydrogens (tertiary/aromatic N) is 1. The Balaban J connectivity index is 1.94. The highest BCUT2D eigenvalue weighted by molar-refractivity contribution is 7.10. The normalized spacial score (nSPS) is 19.0. The van der Waals surface area contributed by atoms with Crippen molar-refractivity contribution < 1.29 is 0 Å². The molecule has 1 aliphatic heterocycles. The Bertz CT molecular complexity index is 437. The molecule has 2 rings (SSSR count). The Hall–Kier alpha value is -0.820. The molecule has 0 bridgehead atoms. The summed E-state index contributed by atoms with van der Waals surface area (Å²) in [7, 11) is 0. The summed E-state index contributed by atoms with van der Waals surface area (Å²) in [4.78, 5) is 3.94. The third-order valence-corrected chi connectivity index (χ3v) is 4.05. The van der Waals surface area contributed by atoms with Gasteiger partial charge in [-0.25, -0.2) is 0 Å². The first-order chi connectivity index (χ1) is 8.09. The summed E-state index contributed by atoms with van der Waals surface area (Å²) in [5.41, 5.74) is 6.96. The second-order valence-corrected chi connectivity index (χ2v) is 6.43. The summed E-state index contributed by atoms with van der Waals surface area (Å²) in [6.07, 6.45) is 1.30. The van der Waals surface area contributed by atoms with E-state index in [1.807, 2.05) is 0 Å². The Morgan fingerprint density at radius 1 is 1.53 bits per heavy atom. The molecule has 0 radical (unpaired) electrons. The molecule has 0 amide bonds. The fourth-order valence-corrected chi connectivity index (χ4v) is 3.12. The molecule has 0 saturated carbocycles. The lowest BCUT2D eigenvalue weighted by atomic mass is 9.93. The Kier molecular flexibility index (Phi) is 3.88. The molecule has 1 fully saturated rings. The van der Waals surface area contributed by atoms with Gasteiger partial charge in [0.2, 0.25) is 0 Å². The first-order valence-electron chi connectivity index (χ1n) is 6.08. The van der Waals surface area contributed by atoms with Gasteiger partial charge >= 0.3 is 0 Å². The van der Waals surface area contributed by atoms with Crippen LogP contribution < -0.4 is 5.73 Å². The van der Waals surface area contributed by atoms with Crippen molar-refractivity contribution in [2.45, 2.75) is 26.8 Å². The van der Waals surface area contributed by atoms with E-state index in [2.05, 4.69) is 42.0 Å². The van der Waals surface area contributed by atoms with E-state index in [0.717, 1.165) is 12.1 Å². The Labute approximate surface area is 108 Å². The molecule has 0 aromatic carbocycles. The average Bonchev–Trinajstić information content (AvgIpc) is 2.83. The van der Waals surface area contributed by atoms with Gasteiger partial charge in [-0.3, -0.25) is 4.90 Å². The van der Waals surface area contributed by atoms with Gasteiger partial charge < -0.3 is 5.73 Å². The molecule has 2 heterocycles. The SMILES string of the molecule is CC1(C)CCN(Cc2cc(C#CCN)cs2)C1.